The Hall–Kier alpha value is -0.660. The Bertz CT molecular complexity index is 415. The summed E-state index contributed by atoms with van der Waals surface area (Å²) in [6.45, 7) is 4.36. The molecule has 0 spiro atoms. The van der Waals surface area contributed by atoms with Crippen molar-refractivity contribution in [2.45, 2.75) is 25.5 Å². The van der Waals surface area contributed by atoms with E-state index in [1.165, 1.54) is 0 Å². The van der Waals surface area contributed by atoms with E-state index in [0.29, 0.717) is 32.6 Å². The minimum Gasteiger partial charge on any atom is -0.390 e. The number of piperazine rings is 1. The van der Waals surface area contributed by atoms with E-state index >= 15 is 0 Å². The van der Waals surface area contributed by atoms with Gasteiger partial charge in [0.25, 0.3) is 0 Å². The molecule has 0 aromatic heterocycles. The van der Waals surface area contributed by atoms with Crippen molar-refractivity contribution in [3.05, 3.63) is 0 Å². The topological polar surface area (TPSA) is 77.9 Å². The standard InChI is InChI=1S/C11H20N2O4S/c1-2-11(15)13-5-3-12(4-6-13)9-7-18(16,17)8-10(9)14/h9-10,14H,2-8H2,1H3/t9-,10+/m1/s1. The zero-order chi connectivity index (χ0) is 13.3. The number of rotatable bonds is 2. The van der Waals surface area contributed by atoms with Crippen LogP contribution in [0.2, 0.25) is 0 Å². The molecule has 18 heavy (non-hydrogen) atoms. The van der Waals surface area contributed by atoms with Gasteiger partial charge in [-0.25, -0.2) is 8.42 Å². The summed E-state index contributed by atoms with van der Waals surface area (Å²) in [5, 5.41) is 9.80. The zero-order valence-electron chi connectivity index (χ0n) is 10.6. The highest BCUT2D eigenvalue weighted by atomic mass is 32.2. The van der Waals surface area contributed by atoms with Gasteiger partial charge in [0.05, 0.1) is 23.7 Å². The summed E-state index contributed by atoms with van der Waals surface area (Å²) in [4.78, 5) is 15.3. The van der Waals surface area contributed by atoms with Gasteiger partial charge in [0.15, 0.2) is 9.84 Å². The van der Waals surface area contributed by atoms with Gasteiger partial charge in [0.2, 0.25) is 5.91 Å². The third kappa shape index (κ3) is 2.84. The lowest BCUT2D eigenvalue weighted by Gasteiger charge is -2.38. The lowest BCUT2D eigenvalue weighted by Crippen LogP contribution is -2.54. The van der Waals surface area contributed by atoms with Gasteiger partial charge in [-0.15, -0.1) is 0 Å². The minimum absolute atomic E-state index is 0.0376. The van der Waals surface area contributed by atoms with Crippen molar-refractivity contribution >= 4 is 15.7 Å². The van der Waals surface area contributed by atoms with Gasteiger partial charge in [0.1, 0.15) is 0 Å². The molecule has 1 amide bonds. The van der Waals surface area contributed by atoms with Crippen LogP contribution in [0.4, 0.5) is 0 Å². The quantitative estimate of drug-likeness (QED) is 0.678. The molecule has 2 heterocycles. The number of sulfone groups is 1. The van der Waals surface area contributed by atoms with Crippen molar-refractivity contribution in [1.29, 1.82) is 0 Å². The first-order valence-corrected chi connectivity index (χ1v) is 8.15. The molecule has 0 aliphatic carbocycles. The Balaban J connectivity index is 1.92. The Morgan fingerprint density at radius 1 is 1.22 bits per heavy atom. The molecule has 6 nitrogen and oxygen atoms in total. The van der Waals surface area contributed by atoms with Crippen LogP contribution in [-0.4, -0.2) is 79.1 Å². The van der Waals surface area contributed by atoms with Crippen molar-refractivity contribution < 1.29 is 18.3 Å². The average molecular weight is 276 g/mol. The normalized spacial score (nSPS) is 32.7. The number of nitrogens with zero attached hydrogens (tertiary/aromatic N) is 2. The van der Waals surface area contributed by atoms with Crippen molar-refractivity contribution in [3.8, 4) is 0 Å². The van der Waals surface area contributed by atoms with E-state index in [-0.39, 0.29) is 23.5 Å². The SMILES string of the molecule is CCC(=O)N1CCN([C@@H]2CS(=O)(=O)C[C@@H]2O)CC1. The summed E-state index contributed by atoms with van der Waals surface area (Å²) in [7, 11) is -3.10. The van der Waals surface area contributed by atoms with Crippen LogP contribution in [0.5, 0.6) is 0 Å². The van der Waals surface area contributed by atoms with Crippen LogP contribution in [0.1, 0.15) is 13.3 Å². The first kappa shape index (κ1) is 13.8. The number of carbonyl (C=O) groups is 1. The summed E-state index contributed by atoms with van der Waals surface area (Å²) in [5.41, 5.74) is 0. The largest absolute Gasteiger partial charge is 0.390 e. The fourth-order valence-corrected chi connectivity index (χ4v) is 4.52. The third-order valence-electron chi connectivity index (χ3n) is 3.73. The second kappa shape index (κ2) is 5.14. The Labute approximate surface area is 107 Å². The zero-order valence-corrected chi connectivity index (χ0v) is 11.4. The smallest absolute Gasteiger partial charge is 0.222 e. The number of hydrogen-bond donors (Lipinski definition) is 1. The minimum atomic E-state index is -3.10. The maximum atomic E-state index is 11.5. The van der Waals surface area contributed by atoms with Gasteiger partial charge in [0, 0.05) is 32.6 Å². The highest BCUT2D eigenvalue weighted by Crippen LogP contribution is 2.20. The summed E-state index contributed by atoms with van der Waals surface area (Å²) in [6, 6.07) is -0.297. The maximum Gasteiger partial charge on any atom is 0.222 e. The fourth-order valence-electron chi connectivity index (χ4n) is 2.69. The van der Waals surface area contributed by atoms with Gasteiger partial charge < -0.3 is 10.0 Å². The van der Waals surface area contributed by atoms with E-state index in [9.17, 15) is 18.3 Å². The first-order valence-electron chi connectivity index (χ1n) is 6.33. The second-order valence-corrected chi connectivity index (χ2v) is 7.14. The Morgan fingerprint density at radius 2 is 1.83 bits per heavy atom. The van der Waals surface area contributed by atoms with E-state index in [2.05, 4.69) is 0 Å². The van der Waals surface area contributed by atoms with Gasteiger partial charge in [-0.05, 0) is 0 Å². The van der Waals surface area contributed by atoms with Gasteiger partial charge >= 0.3 is 0 Å². The molecule has 1 N–H and O–H groups in total. The van der Waals surface area contributed by atoms with Crippen LogP contribution in [0.25, 0.3) is 0 Å². The predicted octanol–water partition coefficient (Wildman–Crippen LogP) is -1.30. The molecule has 7 heteroatoms. The van der Waals surface area contributed by atoms with Crippen LogP contribution >= 0.6 is 0 Å². The molecule has 0 aromatic carbocycles. The van der Waals surface area contributed by atoms with Crippen molar-refractivity contribution in [2.24, 2.45) is 0 Å². The molecule has 2 atom stereocenters. The van der Waals surface area contributed by atoms with Crippen molar-refractivity contribution in [1.82, 2.24) is 9.80 Å². The molecule has 0 aromatic rings. The molecular weight excluding hydrogens is 256 g/mol. The van der Waals surface area contributed by atoms with Crippen LogP contribution in [0.15, 0.2) is 0 Å². The maximum absolute atomic E-state index is 11.5. The Kier molecular flexibility index (Phi) is 3.93. The molecule has 2 aliphatic rings. The summed E-state index contributed by atoms with van der Waals surface area (Å²) in [5.74, 6) is 0.0380. The summed E-state index contributed by atoms with van der Waals surface area (Å²) in [6.07, 6.45) is -0.288. The van der Waals surface area contributed by atoms with Gasteiger partial charge in [-0.1, -0.05) is 6.92 Å². The Morgan fingerprint density at radius 3 is 2.28 bits per heavy atom. The van der Waals surface area contributed by atoms with E-state index in [1.807, 2.05) is 11.8 Å². The number of aliphatic hydroxyl groups excluding tert-OH is 1. The molecule has 2 fully saturated rings. The molecule has 104 valence electrons. The van der Waals surface area contributed by atoms with Crippen molar-refractivity contribution in [3.63, 3.8) is 0 Å². The van der Waals surface area contributed by atoms with Crippen molar-refractivity contribution in [2.75, 3.05) is 37.7 Å². The third-order valence-corrected chi connectivity index (χ3v) is 5.43. The van der Waals surface area contributed by atoms with Gasteiger partial charge in [-0.3, -0.25) is 9.69 Å². The fraction of sp³-hybridized carbons (Fsp3) is 0.909. The summed E-state index contributed by atoms with van der Waals surface area (Å²) < 4.78 is 22.9. The number of hydrogen-bond acceptors (Lipinski definition) is 5. The molecule has 0 unspecified atom stereocenters. The number of amides is 1. The average Bonchev–Trinajstić information content (AvgIpc) is 2.62. The van der Waals surface area contributed by atoms with E-state index in [0.717, 1.165) is 0 Å². The van der Waals surface area contributed by atoms with Gasteiger partial charge in [-0.2, -0.15) is 0 Å². The monoisotopic (exact) mass is 276 g/mol. The second-order valence-electron chi connectivity index (χ2n) is 4.98. The highest BCUT2D eigenvalue weighted by Gasteiger charge is 2.40. The van der Waals surface area contributed by atoms with E-state index in [1.54, 1.807) is 4.90 Å². The molecular formula is C11H20N2O4S. The van der Waals surface area contributed by atoms with Crippen LogP contribution in [0.3, 0.4) is 0 Å². The molecule has 0 radical (unpaired) electrons. The molecule has 0 bridgehead atoms. The van der Waals surface area contributed by atoms with Crippen LogP contribution in [-0.2, 0) is 14.6 Å². The van der Waals surface area contributed by atoms with Crippen LogP contribution < -0.4 is 0 Å². The first-order chi connectivity index (χ1) is 8.43. The lowest BCUT2D eigenvalue weighted by molar-refractivity contribution is -0.133. The van der Waals surface area contributed by atoms with Crippen LogP contribution in [0, 0.1) is 0 Å². The van der Waals surface area contributed by atoms with E-state index < -0.39 is 15.9 Å². The number of aliphatic hydroxyl groups is 1. The molecule has 2 saturated heterocycles. The predicted molar refractivity (Wildman–Crippen MR) is 66.9 cm³/mol. The molecule has 2 aliphatic heterocycles. The number of carbonyl (C=O) groups excluding carboxylic acids is 1. The summed E-state index contributed by atoms with van der Waals surface area (Å²) >= 11 is 0. The highest BCUT2D eigenvalue weighted by molar-refractivity contribution is 7.91. The lowest BCUT2D eigenvalue weighted by atomic mass is 10.1. The molecule has 0 saturated carbocycles. The molecule has 2 rings (SSSR count). The van der Waals surface area contributed by atoms with E-state index in [4.69, 9.17) is 0 Å².